The van der Waals surface area contributed by atoms with E-state index in [1.54, 1.807) is 61.5 Å². The maximum atomic E-state index is 15.2. The topological polar surface area (TPSA) is 54.5 Å². The van der Waals surface area contributed by atoms with Crippen molar-refractivity contribution in [2.75, 3.05) is 0 Å². The highest BCUT2D eigenvalue weighted by atomic mass is 32.2. The fraction of sp³-hybridized carbons (Fsp3) is 0.296. The maximum Gasteiger partial charge on any atom is 0.221 e. The molecule has 3 aromatic rings. The Bertz CT molecular complexity index is 1280. The lowest BCUT2D eigenvalue weighted by Crippen LogP contribution is -2.44. The van der Waals surface area contributed by atoms with Gasteiger partial charge in [-0.25, -0.2) is 17.2 Å². The molecule has 7 heteroatoms. The first-order valence-corrected chi connectivity index (χ1v) is 12.8. The van der Waals surface area contributed by atoms with Crippen LogP contribution in [0.5, 0.6) is 0 Å². The highest BCUT2D eigenvalue weighted by Gasteiger charge is 2.41. The molecule has 0 radical (unpaired) electrons. The summed E-state index contributed by atoms with van der Waals surface area (Å²) in [5.41, 5.74) is 1.14. The van der Waals surface area contributed by atoms with E-state index in [9.17, 15) is 13.2 Å². The van der Waals surface area contributed by atoms with Gasteiger partial charge < -0.3 is 0 Å². The van der Waals surface area contributed by atoms with Gasteiger partial charge in [0.1, 0.15) is 22.7 Å². The Morgan fingerprint density at radius 2 is 1.59 bits per heavy atom. The van der Waals surface area contributed by atoms with Gasteiger partial charge in [-0.15, -0.1) is 0 Å². The quantitative estimate of drug-likeness (QED) is 0.449. The monoisotopic (exact) mass is 483 g/mol. The summed E-state index contributed by atoms with van der Waals surface area (Å²) >= 11 is 0. The van der Waals surface area contributed by atoms with E-state index in [0.29, 0.717) is 24.0 Å². The number of Topliss-reactive ketones (excluding diaryl/α,β-unsaturated/α-hetero) is 1. The molecular weight excluding hydrogens is 456 g/mol. The van der Waals surface area contributed by atoms with Crippen LogP contribution in [0.4, 0.5) is 8.78 Å². The molecule has 4 nitrogen and oxygen atoms in total. The third-order valence-electron chi connectivity index (χ3n) is 6.54. The average Bonchev–Trinajstić information content (AvgIpc) is 2.80. The number of nitrogens with zero attached hydrogens (tertiary/aromatic N) is 1. The van der Waals surface area contributed by atoms with Gasteiger partial charge in [0, 0.05) is 23.7 Å². The number of benzene rings is 3. The number of sulfonamides is 1. The minimum Gasteiger partial charge on any atom is -0.299 e. The smallest absolute Gasteiger partial charge is 0.221 e. The Kier molecular flexibility index (Phi) is 6.96. The Morgan fingerprint density at radius 1 is 0.971 bits per heavy atom. The molecule has 3 atom stereocenters. The summed E-state index contributed by atoms with van der Waals surface area (Å²) in [7, 11) is -3.79. The van der Waals surface area contributed by atoms with Crippen molar-refractivity contribution in [3.8, 4) is 0 Å². The SMILES string of the molecule is CC(=O)C(c1ccccc1)c1cc(F)c(CN2[C@@H](C)CC[C@H](c3ccccc3)S2(=O)=O)cc1F. The lowest BCUT2D eigenvalue weighted by molar-refractivity contribution is -0.117. The Morgan fingerprint density at radius 3 is 2.21 bits per heavy atom. The molecule has 1 saturated heterocycles. The van der Waals surface area contributed by atoms with Gasteiger partial charge in [-0.1, -0.05) is 60.7 Å². The van der Waals surface area contributed by atoms with Crippen LogP contribution in [-0.4, -0.2) is 24.5 Å². The van der Waals surface area contributed by atoms with Crippen molar-refractivity contribution in [3.05, 3.63) is 107 Å². The molecule has 1 unspecified atom stereocenters. The molecule has 1 fully saturated rings. The lowest BCUT2D eigenvalue weighted by atomic mass is 9.87. The van der Waals surface area contributed by atoms with Crippen LogP contribution in [0.3, 0.4) is 0 Å². The van der Waals surface area contributed by atoms with Crippen molar-refractivity contribution in [2.45, 2.75) is 50.4 Å². The normalized spacial score (nSPS) is 21.2. The maximum absolute atomic E-state index is 15.2. The summed E-state index contributed by atoms with van der Waals surface area (Å²) in [6.07, 6.45) is 1.08. The van der Waals surface area contributed by atoms with E-state index < -0.39 is 32.8 Å². The predicted molar refractivity (Wildman–Crippen MR) is 128 cm³/mol. The van der Waals surface area contributed by atoms with E-state index in [1.807, 2.05) is 6.07 Å². The summed E-state index contributed by atoms with van der Waals surface area (Å²) in [5, 5.41) is -0.725. The summed E-state index contributed by atoms with van der Waals surface area (Å²) in [6.45, 7) is 2.85. The number of rotatable bonds is 6. The largest absolute Gasteiger partial charge is 0.299 e. The Balaban J connectivity index is 1.68. The number of carbonyl (C=O) groups is 1. The van der Waals surface area contributed by atoms with Crippen LogP contribution in [0.25, 0.3) is 0 Å². The molecule has 3 aromatic carbocycles. The van der Waals surface area contributed by atoms with Crippen LogP contribution >= 0.6 is 0 Å². The fourth-order valence-corrected chi connectivity index (χ4v) is 6.93. The van der Waals surface area contributed by atoms with Gasteiger partial charge in [0.2, 0.25) is 10.0 Å². The summed E-state index contributed by atoms with van der Waals surface area (Å²) in [5.74, 6) is -2.72. The van der Waals surface area contributed by atoms with Crippen molar-refractivity contribution in [2.24, 2.45) is 0 Å². The van der Waals surface area contributed by atoms with Gasteiger partial charge >= 0.3 is 0 Å². The van der Waals surface area contributed by atoms with E-state index in [0.717, 1.165) is 12.1 Å². The van der Waals surface area contributed by atoms with E-state index in [2.05, 4.69) is 0 Å². The van der Waals surface area contributed by atoms with Gasteiger partial charge in [-0.05, 0) is 49.9 Å². The first-order valence-electron chi connectivity index (χ1n) is 11.3. The molecule has 0 spiro atoms. The second-order valence-corrected chi connectivity index (χ2v) is 10.9. The number of ketones is 1. The predicted octanol–water partition coefficient (Wildman–Crippen LogP) is 5.74. The first kappa shape index (κ1) is 24.2. The first-order chi connectivity index (χ1) is 16.2. The number of carbonyl (C=O) groups excluding carboxylic acids is 1. The molecule has 1 heterocycles. The lowest BCUT2D eigenvalue weighted by Gasteiger charge is -2.37. The van der Waals surface area contributed by atoms with Crippen LogP contribution < -0.4 is 0 Å². The molecule has 0 amide bonds. The number of hydrogen-bond acceptors (Lipinski definition) is 3. The van der Waals surface area contributed by atoms with Crippen molar-refractivity contribution < 1.29 is 22.0 Å². The molecule has 178 valence electrons. The molecule has 0 aromatic heterocycles. The number of hydrogen-bond donors (Lipinski definition) is 0. The minimum absolute atomic E-state index is 0.0549. The molecule has 1 aliphatic rings. The highest BCUT2D eigenvalue weighted by molar-refractivity contribution is 7.89. The molecule has 0 bridgehead atoms. The van der Waals surface area contributed by atoms with Gasteiger partial charge in [0.25, 0.3) is 0 Å². The van der Waals surface area contributed by atoms with Crippen LogP contribution in [0.2, 0.25) is 0 Å². The third kappa shape index (κ3) is 4.68. The minimum atomic E-state index is -3.79. The molecule has 0 N–H and O–H groups in total. The standard InChI is InChI=1S/C27H27F2NO3S/c1-18-13-14-26(20-9-5-3-6-10-20)34(32,33)30(18)17-22-15-25(29)23(16-24(22)28)27(19(2)31)21-11-7-4-8-12-21/h3-12,15-16,18,26-27H,13-14,17H2,1-2H3/t18-,26+,27?/m0/s1. The zero-order chi connectivity index (χ0) is 24.5. The van der Waals surface area contributed by atoms with Gasteiger partial charge in [0.05, 0.1) is 5.92 Å². The average molecular weight is 484 g/mol. The fourth-order valence-electron chi connectivity index (χ4n) is 4.74. The summed E-state index contributed by atoms with van der Waals surface area (Å²) in [6, 6.07) is 19.3. The summed E-state index contributed by atoms with van der Waals surface area (Å²) in [4.78, 5) is 12.3. The second-order valence-electron chi connectivity index (χ2n) is 8.84. The molecule has 0 aliphatic carbocycles. The van der Waals surface area contributed by atoms with Crippen molar-refractivity contribution >= 4 is 15.8 Å². The van der Waals surface area contributed by atoms with E-state index in [1.165, 1.54) is 11.2 Å². The van der Waals surface area contributed by atoms with Gasteiger partial charge in [-0.2, -0.15) is 4.31 Å². The van der Waals surface area contributed by atoms with Crippen LogP contribution in [-0.2, 0) is 21.4 Å². The Labute approximate surface area is 199 Å². The van der Waals surface area contributed by atoms with Crippen molar-refractivity contribution in [1.82, 2.24) is 4.31 Å². The van der Waals surface area contributed by atoms with Gasteiger partial charge in [0.15, 0.2) is 0 Å². The summed E-state index contributed by atoms with van der Waals surface area (Å²) < 4.78 is 58.6. The number of halogens is 2. The second kappa shape index (κ2) is 9.76. The van der Waals surface area contributed by atoms with E-state index >= 15 is 8.78 Å². The molecule has 4 rings (SSSR count). The van der Waals surface area contributed by atoms with E-state index in [-0.39, 0.29) is 29.5 Å². The molecule has 0 saturated carbocycles. The third-order valence-corrected chi connectivity index (χ3v) is 8.91. The van der Waals surface area contributed by atoms with Crippen LogP contribution in [0.1, 0.15) is 60.1 Å². The zero-order valence-electron chi connectivity index (χ0n) is 19.1. The van der Waals surface area contributed by atoms with Crippen molar-refractivity contribution in [1.29, 1.82) is 0 Å². The van der Waals surface area contributed by atoms with Gasteiger partial charge in [-0.3, -0.25) is 4.79 Å². The zero-order valence-corrected chi connectivity index (χ0v) is 19.9. The van der Waals surface area contributed by atoms with Crippen LogP contribution in [0.15, 0.2) is 72.8 Å². The van der Waals surface area contributed by atoms with Crippen molar-refractivity contribution in [3.63, 3.8) is 0 Å². The van der Waals surface area contributed by atoms with E-state index in [4.69, 9.17) is 0 Å². The van der Waals surface area contributed by atoms with Crippen LogP contribution in [0, 0.1) is 11.6 Å². The molecule has 1 aliphatic heterocycles. The highest BCUT2D eigenvalue weighted by Crippen LogP contribution is 2.38. The molecular formula is C27H27F2NO3S. The molecule has 34 heavy (non-hydrogen) atoms. The Hall–Kier alpha value is -2.90.